The average molecular weight is 440 g/mol. The SMILES string of the molecule is C=CCc1cc(/C=C2/C(=O)NN(c3ccccc3)C2=O)cc(OC)c1OCc1ccccc1. The number of ether oxygens (including phenoxy) is 2. The average Bonchev–Trinajstić information content (AvgIpc) is 3.13. The van der Waals surface area contributed by atoms with Gasteiger partial charge >= 0.3 is 0 Å². The molecule has 3 aromatic rings. The summed E-state index contributed by atoms with van der Waals surface area (Å²) in [6.07, 6.45) is 3.87. The monoisotopic (exact) mass is 440 g/mol. The predicted molar refractivity (Wildman–Crippen MR) is 128 cm³/mol. The fraction of sp³-hybridized carbons (Fsp3) is 0.111. The van der Waals surface area contributed by atoms with Crippen molar-refractivity contribution in [2.75, 3.05) is 12.1 Å². The van der Waals surface area contributed by atoms with Crippen LogP contribution in [0.2, 0.25) is 0 Å². The van der Waals surface area contributed by atoms with Gasteiger partial charge in [-0.1, -0.05) is 54.6 Å². The Labute approximate surface area is 192 Å². The van der Waals surface area contributed by atoms with Crippen molar-refractivity contribution in [1.29, 1.82) is 0 Å². The van der Waals surface area contributed by atoms with E-state index in [9.17, 15) is 9.59 Å². The molecule has 0 radical (unpaired) electrons. The molecule has 1 aliphatic heterocycles. The quantitative estimate of drug-likeness (QED) is 0.319. The molecule has 0 aromatic heterocycles. The Morgan fingerprint density at radius 3 is 2.36 bits per heavy atom. The van der Waals surface area contributed by atoms with Crippen LogP contribution in [0.3, 0.4) is 0 Å². The molecule has 1 N–H and O–H groups in total. The molecule has 1 aliphatic rings. The van der Waals surface area contributed by atoms with Crippen LogP contribution in [0.15, 0.2) is 91.0 Å². The van der Waals surface area contributed by atoms with Crippen LogP contribution in [-0.2, 0) is 22.6 Å². The molecular formula is C27H24N2O4. The summed E-state index contributed by atoms with van der Waals surface area (Å²) in [6, 6.07) is 22.4. The zero-order chi connectivity index (χ0) is 23.2. The third kappa shape index (κ3) is 4.80. The van der Waals surface area contributed by atoms with Gasteiger partial charge < -0.3 is 9.47 Å². The Hall–Kier alpha value is -4.32. The van der Waals surface area contributed by atoms with E-state index in [0.29, 0.717) is 35.8 Å². The summed E-state index contributed by atoms with van der Waals surface area (Å²) in [5.74, 6) is 0.247. The van der Waals surface area contributed by atoms with Crippen LogP contribution in [0, 0.1) is 0 Å². The van der Waals surface area contributed by atoms with Crippen molar-refractivity contribution in [1.82, 2.24) is 5.43 Å². The van der Waals surface area contributed by atoms with Gasteiger partial charge in [-0.05, 0) is 47.9 Å². The summed E-state index contributed by atoms with van der Waals surface area (Å²) in [5, 5.41) is 1.24. The number of benzene rings is 3. The summed E-state index contributed by atoms with van der Waals surface area (Å²) in [7, 11) is 1.56. The van der Waals surface area contributed by atoms with E-state index in [0.717, 1.165) is 11.1 Å². The number of hydrazine groups is 1. The molecule has 0 spiro atoms. The molecule has 1 fully saturated rings. The zero-order valence-corrected chi connectivity index (χ0v) is 18.3. The predicted octanol–water partition coefficient (Wildman–Crippen LogP) is 4.46. The van der Waals surface area contributed by atoms with Crippen LogP contribution in [0.25, 0.3) is 6.08 Å². The number of hydrogen-bond donors (Lipinski definition) is 1. The van der Waals surface area contributed by atoms with Gasteiger partial charge in [0.15, 0.2) is 11.5 Å². The van der Waals surface area contributed by atoms with Gasteiger partial charge in [-0.3, -0.25) is 15.0 Å². The third-order valence-electron chi connectivity index (χ3n) is 5.18. The summed E-state index contributed by atoms with van der Waals surface area (Å²) < 4.78 is 11.7. The Kier molecular flexibility index (Phi) is 6.55. The van der Waals surface area contributed by atoms with Crippen molar-refractivity contribution in [3.63, 3.8) is 0 Å². The number of hydrogen-bond acceptors (Lipinski definition) is 4. The Balaban J connectivity index is 1.66. The molecular weight excluding hydrogens is 416 g/mol. The molecule has 6 nitrogen and oxygen atoms in total. The molecule has 0 bridgehead atoms. The molecule has 166 valence electrons. The molecule has 6 heteroatoms. The van der Waals surface area contributed by atoms with Gasteiger partial charge in [0.05, 0.1) is 12.8 Å². The van der Waals surface area contributed by atoms with Crippen molar-refractivity contribution < 1.29 is 19.1 Å². The minimum Gasteiger partial charge on any atom is -0.493 e. The molecule has 2 amide bonds. The maximum atomic E-state index is 12.9. The first-order valence-electron chi connectivity index (χ1n) is 10.5. The summed E-state index contributed by atoms with van der Waals surface area (Å²) >= 11 is 0. The number of carbonyl (C=O) groups is 2. The van der Waals surface area contributed by atoms with Crippen LogP contribution in [0.5, 0.6) is 11.5 Å². The Morgan fingerprint density at radius 1 is 1.00 bits per heavy atom. The second kappa shape index (κ2) is 9.87. The lowest BCUT2D eigenvalue weighted by Gasteiger charge is -2.16. The fourth-order valence-electron chi connectivity index (χ4n) is 3.60. The van der Waals surface area contributed by atoms with Gasteiger partial charge in [0.25, 0.3) is 11.8 Å². The van der Waals surface area contributed by atoms with Crippen molar-refractivity contribution in [3.8, 4) is 11.5 Å². The van der Waals surface area contributed by atoms with Crippen molar-refractivity contribution in [2.45, 2.75) is 13.0 Å². The summed E-state index contributed by atoms with van der Waals surface area (Å²) in [6.45, 7) is 4.22. The molecule has 0 aliphatic carbocycles. The molecule has 33 heavy (non-hydrogen) atoms. The van der Waals surface area contributed by atoms with E-state index in [4.69, 9.17) is 9.47 Å². The molecule has 0 saturated carbocycles. The van der Waals surface area contributed by atoms with Gasteiger partial charge in [-0.2, -0.15) is 0 Å². The molecule has 3 aromatic carbocycles. The van der Waals surface area contributed by atoms with E-state index in [1.54, 1.807) is 49.6 Å². The van der Waals surface area contributed by atoms with E-state index in [1.807, 2.05) is 42.5 Å². The summed E-state index contributed by atoms with van der Waals surface area (Å²) in [4.78, 5) is 25.5. The topological polar surface area (TPSA) is 67.9 Å². The highest BCUT2D eigenvalue weighted by Gasteiger charge is 2.34. The number of allylic oxidation sites excluding steroid dienone is 1. The van der Waals surface area contributed by atoms with Crippen molar-refractivity contribution >= 4 is 23.6 Å². The lowest BCUT2D eigenvalue weighted by Crippen LogP contribution is -2.35. The first-order valence-corrected chi connectivity index (χ1v) is 10.5. The number of rotatable bonds is 8. The van der Waals surface area contributed by atoms with Gasteiger partial charge in [0, 0.05) is 5.56 Å². The molecule has 0 atom stereocenters. The van der Waals surface area contributed by atoms with Gasteiger partial charge in [-0.25, -0.2) is 5.01 Å². The number of nitrogens with zero attached hydrogens (tertiary/aromatic N) is 1. The standard InChI is InChI=1S/C27H24N2O4/c1-3-10-21-15-20(17-24(32-2)25(21)33-18-19-11-6-4-7-12-19)16-23-26(30)28-29(27(23)31)22-13-8-5-9-14-22/h3-9,11-17H,1,10,18H2,2H3,(H,28,30)/b23-16-. The van der Waals surface area contributed by atoms with E-state index >= 15 is 0 Å². The highest BCUT2D eigenvalue weighted by molar-refractivity contribution is 6.31. The molecule has 0 unspecified atom stereocenters. The van der Waals surface area contributed by atoms with Crippen molar-refractivity contribution in [3.05, 3.63) is 108 Å². The maximum absolute atomic E-state index is 12.9. The molecule has 1 saturated heterocycles. The first kappa shape index (κ1) is 21.9. The highest BCUT2D eigenvalue weighted by atomic mass is 16.5. The number of amides is 2. The third-order valence-corrected chi connectivity index (χ3v) is 5.18. The zero-order valence-electron chi connectivity index (χ0n) is 18.3. The van der Waals surface area contributed by atoms with Gasteiger partial charge in [-0.15, -0.1) is 6.58 Å². The highest BCUT2D eigenvalue weighted by Crippen LogP contribution is 2.35. The number of methoxy groups -OCH3 is 1. The molecule has 1 heterocycles. The second-order valence-corrected chi connectivity index (χ2v) is 7.45. The Bertz CT molecular complexity index is 1200. The van der Waals surface area contributed by atoms with E-state index in [-0.39, 0.29) is 5.57 Å². The number of para-hydroxylation sites is 1. The largest absolute Gasteiger partial charge is 0.493 e. The number of anilines is 1. The molecule has 4 rings (SSSR count). The van der Waals surface area contributed by atoms with E-state index in [2.05, 4.69) is 12.0 Å². The van der Waals surface area contributed by atoms with Gasteiger partial charge in [0.1, 0.15) is 12.2 Å². The van der Waals surface area contributed by atoms with Crippen LogP contribution in [0.4, 0.5) is 5.69 Å². The minimum atomic E-state index is -0.461. The Morgan fingerprint density at radius 2 is 1.70 bits per heavy atom. The second-order valence-electron chi connectivity index (χ2n) is 7.45. The lowest BCUT2D eigenvalue weighted by atomic mass is 10.0. The van der Waals surface area contributed by atoms with Gasteiger partial charge in [0.2, 0.25) is 0 Å². The van der Waals surface area contributed by atoms with Crippen molar-refractivity contribution in [2.24, 2.45) is 0 Å². The van der Waals surface area contributed by atoms with Crippen LogP contribution < -0.4 is 19.9 Å². The summed E-state index contributed by atoms with van der Waals surface area (Å²) in [5.41, 5.74) is 5.78. The first-order chi connectivity index (χ1) is 16.1. The van der Waals surface area contributed by atoms with Crippen LogP contribution in [-0.4, -0.2) is 18.9 Å². The maximum Gasteiger partial charge on any atom is 0.282 e. The number of nitrogens with one attached hydrogen (secondary N) is 1. The normalized spacial score (nSPS) is 14.3. The van der Waals surface area contributed by atoms with Crippen LogP contribution in [0.1, 0.15) is 16.7 Å². The van der Waals surface area contributed by atoms with E-state index in [1.165, 1.54) is 5.01 Å². The van der Waals surface area contributed by atoms with Crippen LogP contribution >= 0.6 is 0 Å². The fourth-order valence-corrected chi connectivity index (χ4v) is 3.60. The lowest BCUT2D eigenvalue weighted by molar-refractivity contribution is -0.117. The minimum absolute atomic E-state index is 0.0448. The number of carbonyl (C=O) groups excluding carboxylic acids is 2. The smallest absolute Gasteiger partial charge is 0.282 e. The van der Waals surface area contributed by atoms with E-state index < -0.39 is 11.8 Å².